The van der Waals surface area contributed by atoms with Crippen molar-refractivity contribution in [3.63, 3.8) is 0 Å². The number of cyclic esters (lactones) is 1. The van der Waals surface area contributed by atoms with Gasteiger partial charge < -0.3 is 23.7 Å². The van der Waals surface area contributed by atoms with E-state index < -0.39 is 47.6 Å². The molecule has 0 aromatic heterocycles. The van der Waals surface area contributed by atoms with E-state index in [1.165, 1.54) is 0 Å². The van der Waals surface area contributed by atoms with Crippen LogP contribution in [-0.4, -0.2) is 65.7 Å². The minimum absolute atomic E-state index is 0.160. The summed E-state index contributed by atoms with van der Waals surface area (Å²) < 4.78 is 29.7. The Morgan fingerprint density at radius 3 is 2.07 bits per heavy atom. The lowest BCUT2D eigenvalue weighted by molar-refractivity contribution is -0.159. The van der Waals surface area contributed by atoms with Gasteiger partial charge in [-0.3, -0.25) is 0 Å². The van der Waals surface area contributed by atoms with Gasteiger partial charge in [-0.1, -0.05) is 60.2 Å². The summed E-state index contributed by atoms with van der Waals surface area (Å²) in [5, 5.41) is 2.22. The SMILES string of the molecule is Cc1ccc(O[C@@H]2[C@@H](Cc3cccc4ccccc34)COC[C@H](N(C(=O)OC(C)(C)C)C(=O)OC(C)(C)C)C(=O)O[C@H]2C)cc1. The largest absolute Gasteiger partial charge is 0.486 e. The van der Waals surface area contributed by atoms with Crippen molar-refractivity contribution in [3.05, 3.63) is 77.9 Å². The molecular formula is C36H45NO8. The molecule has 0 unspecified atom stereocenters. The van der Waals surface area contributed by atoms with Crippen molar-refractivity contribution < 1.29 is 38.1 Å². The third-order valence-corrected chi connectivity index (χ3v) is 7.26. The molecule has 3 aromatic rings. The fourth-order valence-electron chi connectivity index (χ4n) is 5.23. The predicted molar refractivity (Wildman–Crippen MR) is 171 cm³/mol. The van der Waals surface area contributed by atoms with Gasteiger partial charge in [0.05, 0.1) is 13.2 Å². The van der Waals surface area contributed by atoms with E-state index in [0.717, 1.165) is 21.9 Å². The minimum Gasteiger partial charge on any atom is -0.486 e. The lowest BCUT2D eigenvalue weighted by Gasteiger charge is -2.33. The van der Waals surface area contributed by atoms with Crippen molar-refractivity contribution >= 4 is 28.9 Å². The van der Waals surface area contributed by atoms with Crippen LogP contribution in [0.15, 0.2) is 66.7 Å². The number of amides is 2. The molecule has 1 aliphatic heterocycles. The summed E-state index contributed by atoms with van der Waals surface area (Å²) in [7, 11) is 0. The fraction of sp³-hybridized carbons (Fsp3) is 0.472. The number of hydrogen-bond acceptors (Lipinski definition) is 8. The Balaban J connectivity index is 1.70. The second-order valence-electron chi connectivity index (χ2n) is 13.5. The zero-order valence-electron chi connectivity index (χ0n) is 27.5. The third kappa shape index (κ3) is 9.20. The van der Waals surface area contributed by atoms with E-state index >= 15 is 0 Å². The second kappa shape index (κ2) is 13.9. The topological polar surface area (TPSA) is 101 Å². The van der Waals surface area contributed by atoms with Crippen LogP contribution in [0.3, 0.4) is 0 Å². The van der Waals surface area contributed by atoms with Gasteiger partial charge in [-0.25, -0.2) is 14.4 Å². The van der Waals surface area contributed by atoms with E-state index in [9.17, 15) is 14.4 Å². The van der Waals surface area contributed by atoms with E-state index in [2.05, 4.69) is 24.3 Å². The number of carbonyl (C=O) groups is 3. The number of esters is 1. The number of fused-ring (bicyclic) bond motifs is 1. The van der Waals surface area contributed by atoms with Gasteiger partial charge in [-0.05, 0) is 90.3 Å². The molecule has 1 saturated heterocycles. The van der Waals surface area contributed by atoms with Crippen molar-refractivity contribution in [2.45, 2.75) is 91.3 Å². The average Bonchev–Trinajstić information content (AvgIpc) is 2.98. The molecular weight excluding hydrogens is 574 g/mol. The molecule has 0 radical (unpaired) electrons. The molecule has 0 aliphatic carbocycles. The Labute approximate surface area is 265 Å². The number of benzene rings is 3. The van der Waals surface area contributed by atoms with Crippen LogP contribution in [0, 0.1) is 12.8 Å². The van der Waals surface area contributed by atoms with Crippen LogP contribution in [0.25, 0.3) is 10.8 Å². The predicted octanol–water partition coefficient (Wildman–Crippen LogP) is 7.26. The number of aryl methyl sites for hydroxylation is 1. The van der Waals surface area contributed by atoms with Crippen molar-refractivity contribution in [2.75, 3.05) is 13.2 Å². The van der Waals surface area contributed by atoms with Crippen LogP contribution in [0.1, 0.15) is 59.6 Å². The first-order valence-corrected chi connectivity index (χ1v) is 15.3. The maximum Gasteiger partial charge on any atom is 0.420 e. The van der Waals surface area contributed by atoms with Gasteiger partial charge >= 0.3 is 18.2 Å². The Kier molecular flexibility index (Phi) is 10.4. The van der Waals surface area contributed by atoms with Crippen molar-refractivity contribution in [2.24, 2.45) is 5.92 Å². The highest BCUT2D eigenvalue weighted by atomic mass is 16.6. The van der Waals surface area contributed by atoms with Gasteiger partial charge in [0.2, 0.25) is 0 Å². The van der Waals surface area contributed by atoms with Gasteiger partial charge in [0, 0.05) is 5.92 Å². The molecule has 0 N–H and O–H groups in total. The normalized spacial score (nSPS) is 21.1. The molecule has 0 spiro atoms. The highest BCUT2D eigenvalue weighted by Gasteiger charge is 2.44. The molecule has 9 heteroatoms. The smallest absolute Gasteiger partial charge is 0.420 e. The molecule has 1 fully saturated rings. The highest BCUT2D eigenvalue weighted by molar-refractivity contribution is 5.94. The van der Waals surface area contributed by atoms with Gasteiger partial charge in [0.15, 0.2) is 6.04 Å². The maximum absolute atomic E-state index is 13.8. The highest BCUT2D eigenvalue weighted by Crippen LogP contribution is 2.29. The van der Waals surface area contributed by atoms with Crippen LogP contribution in [0.4, 0.5) is 9.59 Å². The zero-order valence-corrected chi connectivity index (χ0v) is 27.5. The molecule has 9 nitrogen and oxygen atoms in total. The molecule has 2 amide bonds. The van der Waals surface area contributed by atoms with Crippen LogP contribution < -0.4 is 4.74 Å². The van der Waals surface area contributed by atoms with Crippen LogP contribution in [-0.2, 0) is 30.2 Å². The Morgan fingerprint density at radius 1 is 0.844 bits per heavy atom. The van der Waals surface area contributed by atoms with Crippen LogP contribution in [0.5, 0.6) is 5.75 Å². The Morgan fingerprint density at radius 2 is 1.44 bits per heavy atom. The number of ether oxygens (including phenoxy) is 5. The molecule has 4 rings (SSSR count). The lowest BCUT2D eigenvalue weighted by Crippen LogP contribution is -2.54. The molecule has 1 heterocycles. The molecule has 0 bridgehead atoms. The minimum atomic E-state index is -1.45. The molecule has 45 heavy (non-hydrogen) atoms. The summed E-state index contributed by atoms with van der Waals surface area (Å²) in [6.07, 6.45) is -2.90. The number of imide groups is 1. The molecule has 4 atom stereocenters. The first-order chi connectivity index (χ1) is 21.1. The number of carbonyl (C=O) groups excluding carboxylic acids is 3. The molecule has 242 valence electrons. The average molecular weight is 620 g/mol. The number of hydrogen-bond donors (Lipinski definition) is 0. The summed E-state index contributed by atoms with van der Waals surface area (Å²) in [5.41, 5.74) is 0.298. The van der Waals surface area contributed by atoms with E-state index in [1.54, 1.807) is 48.5 Å². The van der Waals surface area contributed by atoms with E-state index in [4.69, 9.17) is 23.7 Å². The fourth-order valence-corrected chi connectivity index (χ4v) is 5.23. The monoisotopic (exact) mass is 619 g/mol. The summed E-state index contributed by atoms with van der Waals surface area (Å²) in [4.78, 5) is 41.2. The van der Waals surface area contributed by atoms with Crippen molar-refractivity contribution in [3.8, 4) is 5.75 Å². The lowest BCUT2D eigenvalue weighted by atomic mass is 9.89. The van der Waals surface area contributed by atoms with Crippen molar-refractivity contribution in [1.29, 1.82) is 0 Å². The molecule has 3 aromatic carbocycles. The van der Waals surface area contributed by atoms with E-state index in [0.29, 0.717) is 17.1 Å². The summed E-state index contributed by atoms with van der Waals surface area (Å²) in [6.45, 7) is 13.6. The van der Waals surface area contributed by atoms with Crippen LogP contribution in [0.2, 0.25) is 0 Å². The maximum atomic E-state index is 13.8. The van der Waals surface area contributed by atoms with E-state index in [-0.39, 0.29) is 19.1 Å². The quantitative estimate of drug-likeness (QED) is 0.217. The molecule has 0 saturated carbocycles. The summed E-state index contributed by atoms with van der Waals surface area (Å²) in [5.74, 6) is -0.478. The van der Waals surface area contributed by atoms with E-state index in [1.807, 2.05) is 49.4 Å². The van der Waals surface area contributed by atoms with Gasteiger partial charge in [-0.2, -0.15) is 4.90 Å². The van der Waals surface area contributed by atoms with Gasteiger partial charge in [0.25, 0.3) is 0 Å². The van der Waals surface area contributed by atoms with Crippen LogP contribution >= 0.6 is 0 Å². The van der Waals surface area contributed by atoms with Crippen molar-refractivity contribution in [1.82, 2.24) is 4.90 Å². The number of nitrogens with zero attached hydrogens (tertiary/aromatic N) is 1. The Bertz CT molecular complexity index is 1450. The zero-order chi connectivity index (χ0) is 32.9. The number of rotatable bonds is 5. The second-order valence-corrected chi connectivity index (χ2v) is 13.5. The summed E-state index contributed by atoms with van der Waals surface area (Å²) >= 11 is 0. The molecule has 1 aliphatic rings. The van der Waals surface area contributed by atoms with Gasteiger partial charge in [0.1, 0.15) is 29.2 Å². The first-order valence-electron chi connectivity index (χ1n) is 15.3. The first kappa shape index (κ1) is 33.8. The third-order valence-electron chi connectivity index (χ3n) is 7.26. The standard InChI is InChI=1S/C36H45NO8/c1-23-16-18-28(19-17-23)43-31-24(2)42-32(38)30(37(33(39)44-35(3,4)5)34(40)45-36(6,7)8)22-41-21-27(31)20-26-14-11-13-25-12-9-10-15-29(25)26/h9-19,24,27,30-31H,20-22H2,1-8H3/t24-,27-,30-,31-/m0/s1. The van der Waals surface area contributed by atoms with Gasteiger partial charge in [-0.15, -0.1) is 0 Å². The summed E-state index contributed by atoms with van der Waals surface area (Å²) in [6, 6.07) is 20.5. The Hall–Kier alpha value is -4.11.